The Labute approximate surface area is 136 Å². The van der Waals surface area contributed by atoms with E-state index in [1.165, 1.54) is 5.56 Å². The highest BCUT2D eigenvalue weighted by Gasteiger charge is 2.34. The highest BCUT2D eigenvalue weighted by Crippen LogP contribution is 2.16. The maximum absolute atomic E-state index is 12.0. The molecule has 0 radical (unpaired) electrons. The van der Waals surface area contributed by atoms with Gasteiger partial charge in [0, 0.05) is 19.0 Å². The zero-order valence-corrected chi connectivity index (χ0v) is 13.6. The molecule has 0 spiro atoms. The number of nitrogens with zero attached hydrogens (tertiary/aromatic N) is 1. The number of aryl methyl sites for hydroxylation is 1. The number of aliphatic carboxylic acids is 1. The second-order valence-electron chi connectivity index (χ2n) is 6.00. The van der Waals surface area contributed by atoms with Crippen LogP contribution in [0.25, 0.3) is 0 Å². The number of methoxy groups -OCH3 is 1. The van der Waals surface area contributed by atoms with Gasteiger partial charge in [-0.05, 0) is 44.0 Å². The highest BCUT2D eigenvalue weighted by atomic mass is 16.5. The number of hydrogen-bond donors (Lipinski definition) is 2. The zero-order chi connectivity index (χ0) is 16.8. The van der Waals surface area contributed by atoms with Crippen molar-refractivity contribution < 1.29 is 19.4 Å². The van der Waals surface area contributed by atoms with Gasteiger partial charge in [0.2, 0.25) is 5.91 Å². The molecule has 1 aromatic rings. The summed E-state index contributed by atoms with van der Waals surface area (Å²) in [4.78, 5) is 24.8. The van der Waals surface area contributed by atoms with Crippen LogP contribution in [0, 0.1) is 0 Å². The molecule has 2 rings (SSSR count). The predicted octanol–water partition coefficient (Wildman–Crippen LogP) is 1.29. The van der Waals surface area contributed by atoms with E-state index in [1.54, 1.807) is 19.1 Å². The Morgan fingerprint density at radius 3 is 2.61 bits per heavy atom. The number of carboxylic acid groups (broad SMARTS) is 1. The van der Waals surface area contributed by atoms with Gasteiger partial charge < -0.3 is 15.2 Å². The molecule has 2 N–H and O–H groups in total. The summed E-state index contributed by atoms with van der Waals surface area (Å²) in [5, 5.41) is 12.0. The molecule has 6 nitrogen and oxygen atoms in total. The molecule has 23 heavy (non-hydrogen) atoms. The van der Waals surface area contributed by atoms with Gasteiger partial charge in [0.1, 0.15) is 11.8 Å². The Bertz CT molecular complexity index is 544. The number of nitrogens with one attached hydrogen (secondary N) is 1. The lowest BCUT2D eigenvalue weighted by molar-refractivity contribution is -0.141. The lowest BCUT2D eigenvalue weighted by Gasteiger charge is -2.13. The van der Waals surface area contributed by atoms with Crippen molar-refractivity contribution in [3.8, 4) is 5.75 Å². The predicted molar refractivity (Wildman–Crippen MR) is 86.5 cm³/mol. The molecule has 1 aromatic carbocycles. The van der Waals surface area contributed by atoms with Crippen molar-refractivity contribution in [1.82, 2.24) is 10.2 Å². The van der Waals surface area contributed by atoms with E-state index < -0.39 is 12.0 Å². The maximum Gasteiger partial charge on any atom is 0.320 e. The molecule has 0 unspecified atom stereocenters. The summed E-state index contributed by atoms with van der Waals surface area (Å²) in [5.41, 5.74) is 1.17. The first-order valence-electron chi connectivity index (χ1n) is 7.85. The van der Waals surface area contributed by atoms with Crippen LogP contribution in [0.1, 0.15) is 24.8 Å². The monoisotopic (exact) mass is 320 g/mol. The molecule has 0 aliphatic carbocycles. The number of ether oxygens (including phenoxy) is 1. The number of amides is 1. The molecular weight excluding hydrogens is 296 g/mol. The third kappa shape index (κ3) is 4.96. The Morgan fingerprint density at radius 2 is 2.04 bits per heavy atom. The second kappa shape index (κ2) is 7.97. The smallest absolute Gasteiger partial charge is 0.320 e. The van der Waals surface area contributed by atoms with Crippen LogP contribution in [0.15, 0.2) is 24.3 Å². The van der Waals surface area contributed by atoms with Crippen LogP contribution < -0.4 is 10.1 Å². The Balaban J connectivity index is 1.70. The van der Waals surface area contributed by atoms with E-state index in [0.29, 0.717) is 19.4 Å². The van der Waals surface area contributed by atoms with E-state index >= 15 is 0 Å². The Hall–Kier alpha value is -2.08. The van der Waals surface area contributed by atoms with Crippen LogP contribution in [0.3, 0.4) is 0 Å². The van der Waals surface area contributed by atoms with E-state index in [1.807, 2.05) is 24.3 Å². The van der Waals surface area contributed by atoms with Crippen molar-refractivity contribution in [2.45, 2.75) is 37.8 Å². The van der Waals surface area contributed by atoms with E-state index in [4.69, 9.17) is 9.84 Å². The lowest BCUT2D eigenvalue weighted by Crippen LogP contribution is -2.36. The third-order valence-corrected chi connectivity index (χ3v) is 4.23. The maximum atomic E-state index is 12.0. The number of likely N-dealkylation sites (N-methyl/N-ethyl adjacent to an activating group) is 1. The first-order valence-corrected chi connectivity index (χ1v) is 7.85. The standard InChI is InChI=1S/C17H24N2O4/c1-19-11-13(10-15(19)17(21)22)18-16(20)5-3-4-12-6-8-14(23-2)9-7-12/h6-9,13,15H,3-5,10-11H2,1-2H3,(H,18,20)(H,21,22)/t13-,15+/m1/s1. The van der Waals surface area contributed by atoms with Crippen LogP contribution >= 0.6 is 0 Å². The van der Waals surface area contributed by atoms with Crippen LogP contribution in [-0.2, 0) is 16.0 Å². The fourth-order valence-corrected chi connectivity index (χ4v) is 2.94. The molecule has 1 heterocycles. The largest absolute Gasteiger partial charge is 0.497 e. The van der Waals surface area contributed by atoms with Gasteiger partial charge in [-0.3, -0.25) is 14.5 Å². The van der Waals surface area contributed by atoms with Gasteiger partial charge in [0.25, 0.3) is 0 Å². The molecule has 1 aliphatic heterocycles. The van der Waals surface area contributed by atoms with Crippen molar-refractivity contribution in [1.29, 1.82) is 0 Å². The average Bonchev–Trinajstić information content (AvgIpc) is 2.88. The molecule has 126 valence electrons. The van der Waals surface area contributed by atoms with Crippen molar-refractivity contribution in [3.63, 3.8) is 0 Å². The molecule has 0 aromatic heterocycles. The Morgan fingerprint density at radius 1 is 1.35 bits per heavy atom. The summed E-state index contributed by atoms with van der Waals surface area (Å²) in [6, 6.07) is 7.25. The summed E-state index contributed by atoms with van der Waals surface area (Å²) in [5.74, 6) is -0.0171. The SMILES string of the molecule is COc1ccc(CCCC(=O)N[C@@H]2C[C@@H](C(=O)O)N(C)C2)cc1. The molecule has 1 amide bonds. The molecule has 0 saturated carbocycles. The molecule has 1 aliphatic rings. The summed E-state index contributed by atoms with van der Waals surface area (Å²) >= 11 is 0. The summed E-state index contributed by atoms with van der Waals surface area (Å²) in [6.45, 7) is 0.585. The van der Waals surface area contributed by atoms with Crippen LogP contribution in [0.4, 0.5) is 0 Å². The molecular formula is C17H24N2O4. The average molecular weight is 320 g/mol. The van der Waals surface area contributed by atoms with Gasteiger partial charge in [0.05, 0.1) is 7.11 Å². The van der Waals surface area contributed by atoms with E-state index in [2.05, 4.69) is 5.32 Å². The van der Waals surface area contributed by atoms with E-state index in [0.717, 1.165) is 18.6 Å². The van der Waals surface area contributed by atoms with Gasteiger partial charge in [-0.15, -0.1) is 0 Å². The number of carboxylic acids is 1. The summed E-state index contributed by atoms with van der Waals surface area (Å²) in [6.07, 6.45) is 2.52. The number of carbonyl (C=O) groups is 2. The van der Waals surface area contributed by atoms with Crippen LogP contribution in [0.5, 0.6) is 5.75 Å². The molecule has 1 saturated heterocycles. The van der Waals surface area contributed by atoms with E-state index in [-0.39, 0.29) is 11.9 Å². The highest BCUT2D eigenvalue weighted by molar-refractivity contribution is 5.77. The number of benzene rings is 1. The Kier molecular flexibility index (Phi) is 5.98. The van der Waals surface area contributed by atoms with E-state index in [9.17, 15) is 9.59 Å². The van der Waals surface area contributed by atoms with Gasteiger partial charge in [-0.1, -0.05) is 12.1 Å². The minimum Gasteiger partial charge on any atom is -0.497 e. The quantitative estimate of drug-likeness (QED) is 0.791. The summed E-state index contributed by atoms with van der Waals surface area (Å²) < 4.78 is 5.11. The normalized spacial score (nSPS) is 21.1. The van der Waals surface area contributed by atoms with Crippen molar-refractivity contribution >= 4 is 11.9 Å². The first-order chi connectivity index (χ1) is 11.0. The molecule has 2 atom stereocenters. The van der Waals surface area contributed by atoms with Crippen molar-refractivity contribution in [2.75, 3.05) is 20.7 Å². The number of rotatable bonds is 7. The van der Waals surface area contributed by atoms with Gasteiger partial charge >= 0.3 is 5.97 Å². The third-order valence-electron chi connectivity index (χ3n) is 4.23. The van der Waals surface area contributed by atoms with Crippen molar-refractivity contribution in [3.05, 3.63) is 29.8 Å². The fraction of sp³-hybridized carbons (Fsp3) is 0.529. The number of carbonyl (C=O) groups excluding carboxylic acids is 1. The first kappa shape index (κ1) is 17.3. The number of hydrogen-bond acceptors (Lipinski definition) is 4. The number of likely N-dealkylation sites (tertiary alicyclic amines) is 1. The van der Waals surface area contributed by atoms with Crippen LogP contribution in [0.2, 0.25) is 0 Å². The lowest BCUT2D eigenvalue weighted by atomic mass is 10.1. The van der Waals surface area contributed by atoms with Crippen LogP contribution in [-0.4, -0.2) is 54.7 Å². The molecule has 1 fully saturated rings. The van der Waals surface area contributed by atoms with Gasteiger partial charge in [-0.25, -0.2) is 0 Å². The van der Waals surface area contributed by atoms with Gasteiger partial charge in [-0.2, -0.15) is 0 Å². The molecule has 0 bridgehead atoms. The summed E-state index contributed by atoms with van der Waals surface area (Å²) in [7, 11) is 3.41. The minimum absolute atomic E-state index is 0.0112. The zero-order valence-electron chi connectivity index (χ0n) is 13.6. The van der Waals surface area contributed by atoms with Crippen molar-refractivity contribution in [2.24, 2.45) is 0 Å². The molecule has 6 heteroatoms. The fourth-order valence-electron chi connectivity index (χ4n) is 2.94. The minimum atomic E-state index is -0.830. The second-order valence-corrected chi connectivity index (χ2v) is 6.00. The van der Waals surface area contributed by atoms with Gasteiger partial charge in [0.15, 0.2) is 0 Å². The topological polar surface area (TPSA) is 78.9 Å².